The van der Waals surface area contributed by atoms with E-state index in [4.69, 9.17) is 0 Å². The molecule has 174 valence electrons. The van der Waals surface area contributed by atoms with Gasteiger partial charge >= 0.3 is 0 Å². The minimum absolute atomic E-state index is 0.158. The lowest BCUT2D eigenvalue weighted by molar-refractivity contribution is 0.0939. The van der Waals surface area contributed by atoms with Crippen molar-refractivity contribution in [1.29, 1.82) is 0 Å². The maximum Gasteiger partial charge on any atom is 0.270 e. The van der Waals surface area contributed by atoms with Crippen LogP contribution in [0.15, 0.2) is 65.3 Å². The second-order valence-corrected chi connectivity index (χ2v) is 8.98. The van der Waals surface area contributed by atoms with Crippen LogP contribution in [0.4, 0.5) is 16.0 Å². The molecule has 4 aromatic rings. The number of nitrogens with zero attached hydrogens (tertiary/aromatic N) is 4. The maximum absolute atomic E-state index is 13.2. The molecule has 7 nitrogen and oxygen atoms in total. The van der Waals surface area contributed by atoms with Crippen LogP contribution in [-0.4, -0.2) is 52.4 Å². The quantitative estimate of drug-likeness (QED) is 0.354. The van der Waals surface area contributed by atoms with E-state index in [9.17, 15) is 9.18 Å². The van der Waals surface area contributed by atoms with Crippen LogP contribution in [-0.2, 0) is 0 Å². The van der Waals surface area contributed by atoms with Crippen LogP contribution in [0, 0.1) is 5.82 Å². The summed E-state index contributed by atoms with van der Waals surface area (Å²) < 4.78 is 14.1. The largest absolute Gasteiger partial charge is 0.349 e. The number of likely N-dealkylation sites (N-methyl/N-ethyl adjacent to an activating group) is 1. The van der Waals surface area contributed by atoms with Crippen molar-refractivity contribution < 1.29 is 9.18 Å². The molecule has 0 aliphatic heterocycles. The van der Waals surface area contributed by atoms with Gasteiger partial charge in [-0.1, -0.05) is 34.1 Å². The van der Waals surface area contributed by atoms with E-state index < -0.39 is 0 Å². The third-order valence-electron chi connectivity index (χ3n) is 5.49. The van der Waals surface area contributed by atoms with Gasteiger partial charge in [-0.05, 0) is 63.0 Å². The van der Waals surface area contributed by atoms with Crippen LogP contribution in [0.1, 0.15) is 17.4 Å². The molecule has 34 heavy (non-hydrogen) atoms. The van der Waals surface area contributed by atoms with Gasteiger partial charge in [0.2, 0.25) is 5.95 Å². The second kappa shape index (κ2) is 10.2. The zero-order valence-electron chi connectivity index (χ0n) is 19.0. The van der Waals surface area contributed by atoms with E-state index in [1.54, 1.807) is 18.3 Å². The highest BCUT2D eigenvalue weighted by Crippen LogP contribution is 2.32. The lowest BCUT2D eigenvalue weighted by Crippen LogP contribution is -2.38. The third kappa shape index (κ3) is 5.37. The van der Waals surface area contributed by atoms with Gasteiger partial charge in [-0.2, -0.15) is 4.98 Å². The normalized spacial score (nSPS) is 12.1. The first-order valence-corrected chi connectivity index (χ1v) is 11.5. The summed E-state index contributed by atoms with van der Waals surface area (Å²) in [5.41, 5.74) is 2.81. The Kier molecular flexibility index (Phi) is 7.14. The molecule has 0 fully saturated rings. The summed E-state index contributed by atoms with van der Waals surface area (Å²) in [7, 11) is 3.92. The number of aromatic nitrogens is 3. The van der Waals surface area contributed by atoms with Crippen molar-refractivity contribution in [2.45, 2.75) is 13.0 Å². The number of rotatable bonds is 7. The fraction of sp³-hybridized carbons (Fsp3) is 0.200. The molecular weight excluding hydrogens is 499 g/mol. The first-order chi connectivity index (χ1) is 16.3. The van der Waals surface area contributed by atoms with Crippen LogP contribution in [0.25, 0.3) is 22.2 Å². The van der Waals surface area contributed by atoms with Crippen molar-refractivity contribution >= 4 is 44.5 Å². The Morgan fingerprint density at radius 2 is 1.82 bits per heavy atom. The number of hydrogen-bond acceptors (Lipinski definition) is 6. The molecule has 1 unspecified atom stereocenters. The van der Waals surface area contributed by atoms with Crippen molar-refractivity contribution in [3.8, 4) is 11.1 Å². The second-order valence-electron chi connectivity index (χ2n) is 8.13. The number of pyridine rings is 1. The molecule has 9 heteroatoms. The lowest BCUT2D eigenvalue weighted by atomic mass is 10.0. The van der Waals surface area contributed by atoms with Gasteiger partial charge in [0, 0.05) is 39.9 Å². The maximum atomic E-state index is 13.2. The SMILES string of the molecule is CC(CNC(=O)c1nc2nc(Nc3ccc(F)cc3)ncc2cc1-c1ccccc1Br)N(C)C. The van der Waals surface area contributed by atoms with Gasteiger partial charge < -0.3 is 15.5 Å². The standard InChI is InChI=1S/C25H24BrFN6O/c1-15(33(2)3)13-28-24(34)22-20(19-6-4-5-7-21(19)26)12-16-14-29-25(32-23(16)31-22)30-18-10-8-17(27)9-11-18/h4-12,14-15H,13H2,1-3H3,(H,28,34)(H,29,30,31,32). The predicted molar refractivity (Wildman–Crippen MR) is 136 cm³/mol. The first kappa shape index (κ1) is 23.7. The lowest BCUT2D eigenvalue weighted by Gasteiger charge is -2.20. The number of nitrogens with one attached hydrogen (secondary N) is 2. The minimum Gasteiger partial charge on any atom is -0.349 e. The number of hydrogen-bond donors (Lipinski definition) is 2. The van der Waals surface area contributed by atoms with Crippen molar-refractivity contribution in [2.75, 3.05) is 26.0 Å². The Bertz CT molecular complexity index is 1330. The first-order valence-electron chi connectivity index (χ1n) is 10.7. The van der Waals surface area contributed by atoms with E-state index in [0.717, 1.165) is 10.0 Å². The number of fused-ring (bicyclic) bond motifs is 1. The molecule has 0 spiro atoms. The van der Waals surface area contributed by atoms with Gasteiger partial charge in [-0.15, -0.1) is 0 Å². The molecule has 0 bridgehead atoms. The fourth-order valence-corrected chi connectivity index (χ4v) is 3.75. The number of carbonyl (C=O) groups excluding carboxylic acids is 1. The van der Waals surface area contributed by atoms with Gasteiger partial charge in [-0.25, -0.2) is 14.4 Å². The average molecular weight is 523 g/mol. The van der Waals surface area contributed by atoms with Crippen LogP contribution < -0.4 is 10.6 Å². The minimum atomic E-state index is -0.328. The zero-order chi connectivity index (χ0) is 24.2. The Balaban J connectivity index is 1.74. The number of benzene rings is 2. The molecule has 0 saturated heterocycles. The molecule has 0 aliphatic carbocycles. The van der Waals surface area contributed by atoms with E-state index >= 15 is 0 Å². The van der Waals surface area contributed by atoms with Crippen molar-refractivity contribution in [1.82, 2.24) is 25.2 Å². The van der Waals surface area contributed by atoms with Crippen molar-refractivity contribution in [3.05, 3.63) is 76.8 Å². The summed E-state index contributed by atoms with van der Waals surface area (Å²) >= 11 is 3.58. The van der Waals surface area contributed by atoms with Gasteiger partial charge in [0.05, 0.1) is 0 Å². The number of anilines is 2. The van der Waals surface area contributed by atoms with E-state index in [2.05, 4.69) is 41.5 Å². The molecule has 1 amide bonds. The van der Waals surface area contributed by atoms with Gasteiger partial charge in [0.1, 0.15) is 11.5 Å². The highest BCUT2D eigenvalue weighted by Gasteiger charge is 2.19. The topological polar surface area (TPSA) is 83.0 Å². The number of halogens is 2. The van der Waals surface area contributed by atoms with E-state index in [0.29, 0.717) is 34.8 Å². The molecule has 4 rings (SSSR count). The molecule has 2 aromatic heterocycles. The molecule has 2 heterocycles. The average Bonchev–Trinajstić information content (AvgIpc) is 2.83. The monoisotopic (exact) mass is 522 g/mol. The summed E-state index contributed by atoms with van der Waals surface area (Å²) in [6.07, 6.45) is 1.65. The molecule has 0 saturated carbocycles. The Hall–Kier alpha value is -3.43. The summed E-state index contributed by atoms with van der Waals surface area (Å²) in [4.78, 5) is 28.7. The molecular formula is C25H24BrFN6O. The third-order valence-corrected chi connectivity index (χ3v) is 6.18. The number of carbonyl (C=O) groups is 1. The van der Waals surface area contributed by atoms with Crippen LogP contribution >= 0.6 is 15.9 Å². The van der Waals surface area contributed by atoms with Gasteiger partial charge in [0.25, 0.3) is 5.91 Å². The van der Waals surface area contributed by atoms with Gasteiger partial charge in [-0.3, -0.25) is 4.79 Å². The molecule has 2 N–H and O–H groups in total. The van der Waals surface area contributed by atoms with E-state index in [1.807, 2.05) is 56.3 Å². The van der Waals surface area contributed by atoms with Crippen molar-refractivity contribution in [3.63, 3.8) is 0 Å². The summed E-state index contributed by atoms with van der Waals surface area (Å²) in [6, 6.07) is 15.6. The van der Waals surface area contributed by atoms with Gasteiger partial charge in [0.15, 0.2) is 5.65 Å². The summed E-state index contributed by atoms with van der Waals surface area (Å²) in [5.74, 6) is -0.314. The van der Waals surface area contributed by atoms with Crippen LogP contribution in [0.3, 0.4) is 0 Å². The molecule has 1 atom stereocenters. The Labute approximate surface area is 205 Å². The summed E-state index contributed by atoms with van der Waals surface area (Å²) in [5, 5.41) is 6.71. The molecule has 0 aliphatic rings. The predicted octanol–water partition coefficient (Wildman–Crippen LogP) is 5.02. The molecule has 2 aromatic carbocycles. The smallest absolute Gasteiger partial charge is 0.270 e. The highest BCUT2D eigenvalue weighted by atomic mass is 79.9. The van der Waals surface area contributed by atoms with E-state index in [-0.39, 0.29) is 23.5 Å². The summed E-state index contributed by atoms with van der Waals surface area (Å²) in [6.45, 7) is 2.51. The zero-order valence-corrected chi connectivity index (χ0v) is 20.6. The molecule has 0 radical (unpaired) electrons. The Morgan fingerprint density at radius 1 is 1.09 bits per heavy atom. The van der Waals surface area contributed by atoms with Crippen molar-refractivity contribution in [2.24, 2.45) is 0 Å². The number of amides is 1. The fourth-order valence-electron chi connectivity index (χ4n) is 3.25. The Morgan fingerprint density at radius 3 is 2.53 bits per heavy atom. The van der Waals surface area contributed by atoms with Crippen LogP contribution in [0.2, 0.25) is 0 Å². The van der Waals surface area contributed by atoms with E-state index in [1.165, 1.54) is 12.1 Å². The van der Waals surface area contributed by atoms with Crippen LogP contribution in [0.5, 0.6) is 0 Å². The highest BCUT2D eigenvalue weighted by molar-refractivity contribution is 9.10.